The van der Waals surface area contributed by atoms with E-state index >= 15 is 0 Å². The van der Waals surface area contributed by atoms with Crippen molar-refractivity contribution in [1.29, 1.82) is 0 Å². The first-order valence-electron chi connectivity index (χ1n) is 6.85. The molecule has 6 nitrogen and oxygen atoms in total. The Kier molecular flexibility index (Phi) is 4.42. The first-order chi connectivity index (χ1) is 8.98. The molecule has 2 fully saturated rings. The van der Waals surface area contributed by atoms with Crippen LogP contribution in [0.25, 0.3) is 0 Å². The molecule has 0 aromatic heterocycles. The van der Waals surface area contributed by atoms with Crippen molar-refractivity contribution in [3.8, 4) is 0 Å². The molecule has 6 heteroatoms. The number of carboxylic acid groups (broad SMARTS) is 1. The molecule has 0 radical (unpaired) electrons. The van der Waals surface area contributed by atoms with Gasteiger partial charge in [0.15, 0.2) is 0 Å². The maximum atomic E-state index is 11.9. The molecule has 0 atom stereocenters. The third kappa shape index (κ3) is 3.91. The van der Waals surface area contributed by atoms with E-state index in [9.17, 15) is 9.59 Å². The number of amides is 1. The highest BCUT2D eigenvalue weighted by Gasteiger charge is 2.42. The quantitative estimate of drug-likeness (QED) is 0.722. The van der Waals surface area contributed by atoms with Gasteiger partial charge in [-0.2, -0.15) is 0 Å². The van der Waals surface area contributed by atoms with Crippen molar-refractivity contribution >= 4 is 11.9 Å². The summed E-state index contributed by atoms with van der Waals surface area (Å²) in [6.07, 6.45) is 4.81. The van der Waals surface area contributed by atoms with Crippen LogP contribution in [0.15, 0.2) is 0 Å². The minimum Gasteiger partial charge on any atom is -0.480 e. The van der Waals surface area contributed by atoms with E-state index in [1.54, 1.807) is 4.90 Å². The first-order valence-corrected chi connectivity index (χ1v) is 6.85. The summed E-state index contributed by atoms with van der Waals surface area (Å²) >= 11 is 0. The van der Waals surface area contributed by atoms with Crippen LogP contribution in [0, 0.1) is 0 Å². The van der Waals surface area contributed by atoms with Crippen molar-refractivity contribution in [2.45, 2.75) is 44.2 Å². The molecule has 2 N–H and O–H groups in total. The molecule has 0 bridgehead atoms. The average Bonchev–Trinajstić information content (AvgIpc) is 2.83. The fourth-order valence-electron chi connectivity index (χ4n) is 2.74. The van der Waals surface area contributed by atoms with E-state index in [0.717, 1.165) is 12.8 Å². The Morgan fingerprint density at radius 3 is 2.58 bits per heavy atom. The Hall–Kier alpha value is -1.14. The van der Waals surface area contributed by atoms with Gasteiger partial charge in [0.2, 0.25) is 5.91 Å². The van der Waals surface area contributed by atoms with E-state index in [1.807, 2.05) is 6.92 Å². The van der Waals surface area contributed by atoms with E-state index in [4.69, 9.17) is 9.84 Å². The molecule has 1 heterocycles. The van der Waals surface area contributed by atoms with Crippen LogP contribution in [0.2, 0.25) is 0 Å². The second-order valence-electron chi connectivity index (χ2n) is 5.74. The van der Waals surface area contributed by atoms with Gasteiger partial charge >= 0.3 is 5.97 Å². The van der Waals surface area contributed by atoms with Crippen LogP contribution >= 0.6 is 0 Å². The number of hydrogen-bond donors (Lipinski definition) is 2. The van der Waals surface area contributed by atoms with Crippen LogP contribution in [-0.2, 0) is 14.3 Å². The number of rotatable bonds is 6. The molecule has 0 aromatic carbocycles. The second-order valence-corrected chi connectivity index (χ2v) is 5.74. The minimum atomic E-state index is -0.978. The molecule has 0 spiro atoms. The number of carboxylic acids is 1. The Morgan fingerprint density at radius 2 is 2.00 bits per heavy atom. The van der Waals surface area contributed by atoms with E-state index in [-0.39, 0.29) is 12.5 Å². The average molecular weight is 270 g/mol. The topological polar surface area (TPSA) is 78.9 Å². The lowest BCUT2D eigenvalue weighted by Crippen LogP contribution is -2.64. The van der Waals surface area contributed by atoms with Gasteiger partial charge in [0.05, 0.1) is 19.6 Å². The predicted octanol–water partition coefficient (Wildman–Crippen LogP) is 0.221. The van der Waals surface area contributed by atoms with Crippen molar-refractivity contribution < 1.29 is 19.4 Å². The van der Waals surface area contributed by atoms with Gasteiger partial charge in [0.25, 0.3) is 0 Å². The summed E-state index contributed by atoms with van der Waals surface area (Å²) < 4.78 is 5.27. The van der Waals surface area contributed by atoms with Crippen molar-refractivity contribution in [1.82, 2.24) is 10.2 Å². The number of ether oxygens (including phenoxy) is 1. The fraction of sp³-hybridized carbons (Fsp3) is 0.846. The van der Waals surface area contributed by atoms with Gasteiger partial charge < -0.3 is 20.1 Å². The lowest BCUT2D eigenvalue weighted by Gasteiger charge is -2.47. The largest absolute Gasteiger partial charge is 0.480 e. The summed E-state index contributed by atoms with van der Waals surface area (Å²) in [6.45, 7) is 2.86. The number of carbonyl (C=O) groups excluding carboxylic acids is 1. The lowest BCUT2D eigenvalue weighted by molar-refractivity contribution is -0.172. The standard InChI is InChI=1S/C13H22N2O4/c1-13(19-7-12(17)18)8-15(9-13)11(16)6-14-10-4-2-3-5-10/h10,14H,2-9H2,1H3,(H,17,18). The Bertz CT molecular complexity index is 347. The highest BCUT2D eigenvalue weighted by molar-refractivity contribution is 5.79. The summed E-state index contributed by atoms with van der Waals surface area (Å²) in [5.41, 5.74) is -0.499. The van der Waals surface area contributed by atoms with Gasteiger partial charge in [0.1, 0.15) is 12.2 Å². The third-order valence-corrected chi connectivity index (χ3v) is 3.84. The zero-order valence-corrected chi connectivity index (χ0v) is 11.4. The normalized spacial score (nSPS) is 22.3. The zero-order valence-electron chi connectivity index (χ0n) is 11.4. The molecule has 1 aliphatic carbocycles. The molecule has 1 saturated heterocycles. The maximum Gasteiger partial charge on any atom is 0.329 e. The van der Waals surface area contributed by atoms with Crippen molar-refractivity contribution in [2.24, 2.45) is 0 Å². The molecule has 108 valence electrons. The molecular weight excluding hydrogens is 248 g/mol. The maximum absolute atomic E-state index is 11.9. The molecular formula is C13H22N2O4. The predicted molar refractivity (Wildman–Crippen MR) is 68.8 cm³/mol. The van der Waals surface area contributed by atoms with Crippen LogP contribution in [-0.4, -0.2) is 59.8 Å². The number of nitrogens with one attached hydrogen (secondary N) is 1. The van der Waals surface area contributed by atoms with Crippen molar-refractivity contribution in [3.63, 3.8) is 0 Å². The van der Waals surface area contributed by atoms with Gasteiger partial charge in [0, 0.05) is 6.04 Å². The minimum absolute atomic E-state index is 0.0725. The molecule has 1 aliphatic heterocycles. The lowest BCUT2D eigenvalue weighted by atomic mass is 9.96. The zero-order chi connectivity index (χ0) is 13.9. The van der Waals surface area contributed by atoms with Crippen molar-refractivity contribution in [2.75, 3.05) is 26.2 Å². The Morgan fingerprint density at radius 1 is 1.37 bits per heavy atom. The van der Waals surface area contributed by atoms with Gasteiger partial charge in [-0.05, 0) is 19.8 Å². The van der Waals surface area contributed by atoms with Crippen molar-refractivity contribution in [3.05, 3.63) is 0 Å². The SMILES string of the molecule is CC1(OCC(=O)O)CN(C(=O)CNC2CCCC2)C1. The summed E-state index contributed by atoms with van der Waals surface area (Å²) in [6, 6.07) is 0.486. The molecule has 1 saturated carbocycles. The summed E-state index contributed by atoms with van der Waals surface area (Å²) in [4.78, 5) is 24.0. The highest BCUT2D eigenvalue weighted by Crippen LogP contribution is 2.24. The molecule has 19 heavy (non-hydrogen) atoms. The second kappa shape index (κ2) is 5.88. The van der Waals surface area contributed by atoms with E-state index < -0.39 is 11.6 Å². The summed E-state index contributed by atoms with van der Waals surface area (Å²) in [5.74, 6) is -0.905. The van der Waals surface area contributed by atoms with Crippen LogP contribution in [0.3, 0.4) is 0 Å². The summed E-state index contributed by atoms with van der Waals surface area (Å²) in [7, 11) is 0. The number of nitrogens with zero attached hydrogens (tertiary/aromatic N) is 1. The van der Waals surface area contributed by atoms with E-state index in [1.165, 1.54) is 12.8 Å². The van der Waals surface area contributed by atoms with Crippen LogP contribution in [0.1, 0.15) is 32.6 Å². The fourth-order valence-corrected chi connectivity index (χ4v) is 2.74. The van der Waals surface area contributed by atoms with Gasteiger partial charge in [-0.15, -0.1) is 0 Å². The smallest absolute Gasteiger partial charge is 0.329 e. The Balaban J connectivity index is 1.64. The van der Waals surface area contributed by atoms with E-state index in [0.29, 0.717) is 25.7 Å². The van der Waals surface area contributed by atoms with Gasteiger partial charge in [-0.25, -0.2) is 4.79 Å². The molecule has 0 unspecified atom stereocenters. The monoisotopic (exact) mass is 270 g/mol. The van der Waals surface area contributed by atoms with Crippen LogP contribution in [0.5, 0.6) is 0 Å². The molecule has 1 amide bonds. The van der Waals surface area contributed by atoms with E-state index in [2.05, 4.69) is 5.32 Å². The molecule has 2 aliphatic rings. The highest BCUT2D eigenvalue weighted by atomic mass is 16.5. The number of carbonyl (C=O) groups is 2. The number of aliphatic carboxylic acids is 1. The van der Waals surface area contributed by atoms with Gasteiger partial charge in [-0.1, -0.05) is 12.8 Å². The molecule has 0 aromatic rings. The van der Waals surface area contributed by atoms with Crippen LogP contribution < -0.4 is 5.32 Å². The molecule has 2 rings (SSSR count). The number of hydrogen-bond acceptors (Lipinski definition) is 4. The summed E-state index contributed by atoms with van der Waals surface area (Å²) in [5, 5.41) is 11.8. The first kappa shape index (κ1) is 14.3. The van der Waals surface area contributed by atoms with Crippen LogP contribution in [0.4, 0.5) is 0 Å². The van der Waals surface area contributed by atoms with Gasteiger partial charge in [-0.3, -0.25) is 4.79 Å². The third-order valence-electron chi connectivity index (χ3n) is 3.84. The Labute approximate surface area is 113 Å². The number of likely N-dealkylation sites (tertiary alicyclic amines) is 1.